The summed E-state index contributed by atoms with van der Waals surface area (Å²) in [5.74, 6) is -2.23. The number of nitrogens with two attached hydrogens (primary N) is 1. The molecule has 27 heavy (non-hydrogen) atoms. The average molecular weight is 374 g/mol. The lowest BCUT2D eigenvalue weighted by Crippen LogP contribution is -2.38. The topological polar surface area (TPSA) is 111 Å². The van der Waals surface area contributed by atoms with Gasteiger partial charge in [0, 0.05) is 11.6 Å². The highest BCUT2D eigenvalue weighted by Crippen LogP contribution is 2.33. The number of nitrogens with one attached hydrogen (secondary N) is 1. The van der Waals surface area contributed by atoms with Crippen molar-refractivity contribution in [2.75, 3.05) is 0 Å². The van der Waals surface area contributed by atoms with Gasteiger partial charge in [0.05, 0.1) is 16.5 Å². The number of amides is 1. The first kappa shape index (κ1) is 20.5. The molecule has 1 unspecified atom stereocenters. The molecule has 1 aromatic heterocycles. The minimum absolute atomic E-state index is 0.153. The van der Waals surface area contributed by atoms with Gasteiger partial charge >= 0.3 is 5.97 Å². The number of aromatic amines is 1. The number of benzene rings is 1. The number of rotatable bonds is 6. The number of aryl methyl sites for hydroxylation is 1. The van der Waals surface area contributed by atoms with Crippen molar-refractivity contribution < 1.29 is 23.9 Å². The van der Waals surface area contributed by atoms with Crippen LogP contribution in [0.1, 0.15) is 50.7 Å². The Morgan fingerprint density at radius 1 is 1.15 bits per heavy atom. The minimum Gasteiger partial charge on any atom is -0.478 e. The first-order valence-electron chi connectivity index (χ1n) is 8.77. The number of H-pyrrole nitrogens is 1. The summed E-state index contributed by atoms with van der Waals surface area (Å²) in [5.41, 5.74) is 5.80. The molecule has 0 aliphatic rings. The molecule has 2 aromatic rings. The standard InChI is InChI=1S/C20H26N2O5/c1-10(2)17(19(25)27-20(4,5)6)26-13-9-7-8-12-15(13)14(11(3)22-12)16(23)18(21)24/h7-10,17,22H,1-6H3,(H2,21,24). The third-order valence-corrected chi connectivity index (χ3v) is 3.92. The van der Waals surface area contributed by atoms with Crippen molar-refractivity contribution in [3.8, 4) is 5.75 Å². The number of Topliss-reactive ketones (excluding diaryl/α,β-unsaturated/α-hetero) is 1. The van der Waals surface area contributed by atoms with E-state index in [1.807, 2.05) is 13.8 Å². The Morgan fingerprint density at radius 3 is 2.30 bits per heavy atom. The van der Waals surface area contributed by atoms with E-state index in [2.05, 4.69) is 4.98 Å². The third-order valence-electron chi connectivity index (χ3n) is 3.92. The van der Waals surface area contributed by atoms with Gasteiger partial charge in [0.1, 0.15) is 11.4 Å². The molecule has 3 N–H and O–H groups in total. The van der Waals surface area contributed by atoms with Gasteiger partial charge in [0.25, 0.3) is 11.7 Å². The summed E-state index contributed by atoms with van der Waals surface area (Å²) in [6, 6.07) is 5.14. The number of ketones is 1. The summed E-state index contributed by atoms with van der Waals surface area (Å²) in [7, 11) is 0. The molecule has 1 heterocycles. The highest BCUT2D eigenvalue weighted by Gasteiger charge is 2.31. The Kier molecular flexibility index (Phi) is 5.63. The van der Waals surface area contributed by atoms with Crippen LogP contribution in [0.2, 0.25) is 0 Å². The number of primary amides is 1. The van der Waals surface area contributed by atoms with Crippen LogP contribution >= 0.6 is 0 Å². The normalized spacial score (nSPS) is 12.9. The number of fused-ring (bicyclic) bond motifs is 1. The van der Waals surface area contributed by atoms with Gasteiger partial charge in [-0.15, -0.1) is 0 Å². The van der Waals surface area contributed by atoms with Gasteiger partial charge in [-0.05, 0) is 39.8 Å². The van der Waals surface area contributed by atoms with Gasteiger partial charge in [-0.3, -0.25) is 9.59 Å². The van der Waals surface area contributed by atoms with E-state index in [0.717, 1.165) is 0 Å². The molecule has 0 bridgehead atoms. The molecule has 0 aliphatic carbocycles. The summed E-state index contributed by atoms with van der Waals surface area (Å²) >= 11 is 0. The van der Waals surface area contributed by atoms with Gasteiger partial charge in [-0.2, -0.15) is 0 Å². The first-order chi connectivity index (χ1) is 12.4. The average Bonchev–Trinajstić information content (AvgIpc) is 2.85. The number of hydrogen-bond acceptors (Lipinski definition) is 5. The zero-order valence-corrected chi connectivity index (χ0v) is 16.5. The van der Waals surface area contributed by atoms with Crippen molar-refractivity contribution in [1.82, 2.24) is 4.98 Å². The molecule has 0 aliphatic heterocycles. The molecule has 0 fully saturated rings. The number of carbonyl (C=O) groups is 3. The van der Waals surface area contributed by atoms with Gasteiger partial charge < -0.3 is 20.2 Å². The van der Waals surface area contributed by atoms with Crippen molar-refractivity contribution >= 4 is 28.6 Å². The minimum atomic E-state index is -1.05. The zero-order valence-electron chi connectivity index (χ0n) is 16.5. The van der Waals surface area contributed by atoms with Crippen molar-refractivity contribution in [2.45, 2.75) is 53.2 Å². The Labute approximate surface area is 158 Å². The molecule has 7 heteroatoms. The fourth-order valence-electron chi connectivity index (χ4n) is 2.80. The molecule has 1 atom stereocenters. The maximum Gasteiger partial charge on any atom is 0.348 e. The van der Waals surface area contributed by atoms with E-state index in [0.29, 0.717) is 22.3 Å². The molecular weight excluding hydrogens is 348 g/mol. The number of hydrogen-bond donors (Lipinski definition) is 2. The number of aromatic nitrogens is 1. The zero-order chi connectivity index (χ0) is 20.5. The van der Waals surface area contributed by atoms with E-state index in [9.17, 15) is 14.4 Å². The van der Waals surface area contributed by atoms with Crippen LogP contribution in [0.5, 0.6) is 5.75 Å². The highest BCUT2D eigenvalue weighted by atomic mass is 16.6. The summed E-state index contributed by atoms with van der Waals surface area (Å²) in [6.45, 7) is 10.7. The summed E-state index contributed by atoms with van der Waals surface area (Å²) < 4.78 is 11.4. The van der Waals surface area contributed by atoms with Crippen LogP contribution in [-0.2, 0) is 14.3 Å². The van der Waals surface area contributed by atoms with Crippen LogP contribution in [0.4, 0.5) is 0 Å². The fraction of sp³-hybridized carbons (Fsp3) is 0.450. The van der Waals surface area contributed by atoms with Crippen LogP contribution in [-0.4, -0.2) is 34.3 Å². The Bertz CT molecular complexity index is 890. The Hall–Kier alpha value is -2.83. The fourth-order valence-corrected chi connectivity index (χ4v) is 2.80. The Morgan fingerprint density at radius 2 is 1.78 bits per heavy atom. The SMILES string of the molecule is Cc1[nH]c2cccc(OC(C(=O)OC(C)(C)C)C(C)C)c2c1C(=O)C(N)=O. The van der Waals surface area contributed by atoms with Crippen LogP contribution in [0, 0.1) is 12.8 Å². The maximum absolute atomic E-state index is 12.6. The van der Waals surface area contributed by atoms with E-state index >= 15 is 0 Å². The maximum atomic E-state index is 12.6. The van der Waals surface area contributed by atoms with E-state index in [1.54, 1.807) is 45.9 Å². The molecule has 0 saturated carbocycles. The van der Waals surface area contributed by atoms with Crippen LogP contribution in [0.3, 0.4) is 0 Å². The second-order valence-corrected chi connectivity index (χ2v) is 7.81. The lowest BCUT2D eigenvalue weighted by Gasteiger charge is -2.26. The summed E-state index contributed by atoms with van der Waals surface area (Å²) in [5, 5.41) is 0.424. The smallest absolute Gasteiger partial charge is 0.348 e. The van der Waals surface area contributed by atoms with Gasteiger partial charge in [-0.25, -0.2) is 4.79 Å². The number of carbonyl (C=O) groups excluding carboxylic acids is 3. The quantitative estimate of drug-likeness (QED) is 0.459. The van der Waals surface area contributed by atoms with E-state index in [-0.39, 0.29) is 11.5 Å². The van der Waals surface area contributed by atoms with Crippen LogP contribution < -0.4 is 10.5 Å². The largest absolute Gasteiger partial charge is 0.478 e. The number of esters is 1. The number of ether oxygens (including phenoxy) is 2. The van der Waals surface area contributed by atoms with E-state index in [1.165, 1.54) is 0 Å². The molecular formula is C20H26N2O5. The molecule has 2 rings (SSSR count). The predicted molar refractivity (Wildman–Crippen MR) is 102 cm³/mol. The highest BCUT2D eigenvalue weighted by molar-refractivity contribution is 6.45. The molecule has 0 radical (unpaired) electrons. The lowest BCUT2D eigenvalue weighted by molar-refractivity contribution is -0.165. The van der Waals surface area contributed by atoms with Gasteiger partial charge in [-0.1, -0.05) is 19.9 Å². The molecule has 1 amide bonds. The van der Waals surface area contributed by atoms with Crippen molar-refractivity contribution in [1.29, 1.82) is 0 Å². The molecule has 1 aromatic carbocycles. The lowest BCUT2D eigenvalue weighted by atomic mass is 10.0. The monoisotopic (exact) mass is 374 g/mol. The summed E-state index contributed by atoms with van der Waals surface area (Å²) in [6.07, 6.45) is -0.874. The van der Waals surface area contributed by atoms with Gasteiger partial charge in [0.2, 0.25) is 0 Å². The second kappa shape index (κ2) is 7.42. The van der Waals surface area contributed by atoms with Crippen molar-refractivity contribution in [2.24, 2.45) is 11.7 Å². The first-order valence-corrected chi connectivity index (χ1v) is 8.77. The van der Waals surface area contributed by atoms with Gasteiger partial charge in [0.15, 0.2) is 6.10 Å². The molecule has 0 saturated heterocycles. The van der Waals surface area contributed by atoms with E-state index in [4.69, 9.17) is 15.2 Å². The van der Waals surface area contributed by atoms with Crippen molar-refractivity contribution in [3.05, 3.63) is 29.5 Å². The summed E-state index contributed by atoms with van der Waals surface area (Å²) in [4.78, 5) is 39.4. The third kappa shape index (κ3) is 4.48. The molecule has 7 nitrogen and oxygen atoms in total. The second-order valence-electron chi connectivity index (χ2n) is 7.81. The van der Waals surface area contributed by atoms with Crippen LogP contribution in [0.25, 0.3) is 10.9 Å². The van der Waals surface area contributed by atoms with E-state index < -0.39 is 29.4 Å². The van der Waals surface area contributed by atoms with Crippen molar-refractivity contribution in [3.63, 3.8) is 0 Å². The predicted octanol–water partition coefficient (Wildman–Crippen LogP) is 2.89. The molecule has 146 valence electrons. The van der Waals surface area contributed by atoms with Crippen LogP contribution in [0.15, 0.2) is 18.2 Å². The Balaban J connectivity index is 2.52. The molecule has 0 spiro atoms.